The molecule has 1 unspecified atom stereocenters. The molecule has 9 nitrogen and oxygen atoms in total. The monoisotopic (exact) mass is 557 g/mol. The van der Waals surface area contributed by atoms with E-state index >= 15 is 0 Å². The van der Waals surface area contributed by atoms with Gasteiger partial charge in [0.15, 0.2) is 4.75 Å². The molecule has 0 amide bonds. The Kier molecular flexibility index (Phi) is 7.12. The highest BCUT2D eigenvalue weighted by Gasteiger charge is 2.47. The van der Waals surface area contributed by atoms with Gasteiger partial charge in [-0.25, -0.2) is 30.7 Å². The van der Waals surface area contributed by atoms with Crippen LogP contribution in [0.25, 0.3) is 0 Å². The molecule has 0 radical (unpaired) electrons. The molecule has 1 aliphatic carbocycles. The van der Waals surface area contributed by atoms with E-state index in [-0.39, 0.29) is 28.8 Å². The van der Waals surface area contributed by atoms with Crippen LogP contribution in [-0.4, -0.2) is 58.1 Å². The summed E-state index contributed by atoms with van der Waals surface area (Å²) in [6.45, 7) is 1.11. The van der Waals surface area contributed by atoms with Gasteiger partial charge in [0.05, 0.1) is 16.3 Å². The predicted molar refractivity (Wildman–Crippen MR) is 138 cm³/mol. The maximum Gasteiger partial charge on any atom is 0.242 e. The number of sulfonamides is 2. The minimum atomic E-state index is -4.23. The molecule has 2 aromatic rings. The van der Waals surface area contributed by atoms with Crippen molar-refractivity contribution in [2.45, 2.75) is 29.9 Å². The molecule has 1 fully saturated rings. The van der Waals surface area contributed by atoms with Crippen molar-refractivity contribution in [1.82, 2.24) is 14.1 Å². The standard InChI is InChI=1S/C23H29ClFN5O4S2/c1-28(2)35(31,32)18-6-10-23(11-7-18,36(26,33)34)22-19(15-29(3)27-22)16-8-12-30(13-9-16)21-5-4-17(24)14-20(21)25/h4-7,10,14-16H,8-9,11-13H2,1-3H3,(H2,26,33,34). The first-order valence-electron chi connectivity index (χ1n) is 11.3. The molecule has 2 N–H and O–H groups in total. The van der Waals surface area contributed by atoms with Gasteiger partial charge in [0, 0.05) is 45.5 Å². The first kappa shape index (κ1) is 26.8. The van der Waals surface area contributed by atoms with Gasteiger partial charge < -0.3 is 4.90 Å². The third kappa shape index (κ3) is 4.72. The van der Waals surface area contributed by atoms with E-state index in [1.54, 1.807) is 30.1 Å². The molecule has 1 aromatic carbocycles. The number of rotatable bonds is 6. The molecule has 4 rings (SSSR count). The lowest BCUT2D eigenvalue weighted by Crippen LogP contribution is -2.42. The summed E-state index contributed by atoms with van der Waals surface area (Å²) in [5, 5.41) is 10.6. The number of anilines is 1. The maximum atomic E-state index is 14.4. The van der Waals surface area contributed by atoms with E-state index in [0.29, 0.717) is 36.6 Å². The molecule has 1 aromatic heterocycles. The summed E-state index contributed by atoms with van der Waals surface area (Å²) in [5.74, 6) is -0.429. The Morgan fingerprint density at radius 2 is 1.86 bits per heavy atom. The first-order valence-corrected chi connectivity index (χ1v) is 14.7. The van der Waals surface area contributed by atoms with E-state index in [1.807, 2.05) is 4.90 Å². The molecule has 36 heavy (non-hydrogen) atoms. The number of hydrogen-bond donors (Lipinski definition) is 1. The van der Waals surface area contributed by atoms with Crippen LogP contribution in [0.2, 0.25) is 5.02 Å². The van der Waals surface area contributed by atoms with Crippen molar-refractivity contribution in [3.05, 3.63) is 69.6 Å². The van der Waals surface area contributed by atoms with Crippen molar-refractivity contribution in [3.63, 3.8) is 0 Å². The number of hydrogen-bond acceptors (Lipinski definition) is 6. The Bertz CT molecular complexity index is 1440. The van der Waals surface area contributed by atoms with Crippen LogP contribution in [0.1, 0.15) is 36.4 Å². The highest BCUT2D eigenvalue weighted by Crippen LogP contribution is 2.43. The van der Waals surface area contributed by atoms with Crippen LogP contribution < -0.4 is 10.0 Å². The smallest absolute Gasteiger partial charge is 0.242 e. The van der Waals surface area contributed by atoms with Crippen molar-refractivity contribution in [3.8, 4) is 0 Å². The lowest BCUT2D eigenvalue weighted by atomic mass is 9.84. The van der Waals surface area contributed by atoms with Gasteiger partial charge in [-0.3, -0.25) is 4.68 Å². The fraction of sp³-hybridized carbons (Fsp3) is 0.435. The van der Waals surface area contributed by atoms with Crippen LogP contribution in [0, 0.1) is 5.82 Å². The lowest BCUT2D eigenvalue weighted by Gasteiger charge is -2.35. The fourth-order valence-electron chi connectivity index (χ4n) is 4.83. The fourth-order valence-corrected chi connectivity index (χ4v) is 6.95. The van der Waals surface area contributed by atoms with Crippen molar-refractivity contribution in [1.29, 1.82) is 0 Å². The molecule has 1 aliphatic heterocycles. The van der Waals surface area contributed by atoms with Gasteiger partial charge in [-0.05, 0) is 55.0 Å². The molecule has 0 saturated carbocycles. The number of primary sulfonamides is 1. The summed E-state index contributed by atoms with van der Waals surface area (Å²) in [4.78, 5) is 1.94. The molecular weight excluding hydrogens is 529 g/mol. The van der Waals surface area contributed by atoms with E-state index in [2.05, 4.69) is 5.10 Å². The molecule has 0 spiro atoms. The zero-order valence-corrected chi connectivity index (χ0v) is 22.6. The zero-order valence-electron chi connectivity index (χ0n) is 20.2. The summed E-state index contributed by atoms with van der Waals surface area (Å²) in [5.41, 5.74) is 1.50. The molecule has 13 heteroatoms. The minimum Gasteiger partial charge on any atom is -0.369 e. The SMILES string of the molecule is CN(C)S(=O)(=O)C1=CCC(c2nn(C)cc2C2CCN(c3ccc(Cl)cc3F)CC2)(S(N)(=O)=O)C=C1. The maximum absolute atomic E-state index is 14.4. The molecule has 1 saturated heterocycles. The Balaban J connectivity index is 1.66. The summed E-state index contributed by atoms with van der Waals surface area (Å²) >= 11 is 5.88. The predicted octanol–water partition coefficient (Wildman–Crippen LogP) is 2.82. The second-order valence-electron chi connectivity index (χ2n) is 9.33. The van der Waals surface area contributed by atoms with Gasteiger partial charge in [-0.1, -0.05) is 23.8 Å². The average Bonchev–Trinajstić information content (AvgIpc) is 3.20. The Morgan fingerprint density at radius 1 is 1.19 bits per heavy atom. The molecule has 2 heterocycles. The summed E-state index contributed by atoms with van der Waals surface area (Å²) in [7, 11) is -3.45. The summed E-state index contributed by atoms with van der Waals surface area (Å²) < 4.78 is 66.4. The van der Waals surface area contributed by atoms with E-state index in [0.717, 1.165) is 9.87 Å². The number of nitrogens with two attached hydrogens (primary N) is 1. The van der Waals surface area contributed by atoms with Crippen LogP contribution in [0.15, 0.2) is 47.5 Å². The quantitative estimate of drug-likeness (QED) is 0.583. The van der Waals surface area contributed by atoms with Gasteiger partial charge in [-0.2, -0.15) is 5.10 Å². The Morgan fingerprint density at radius 3 is 2.39 bits per heavy atom. The van der Waals surface area contributed by atoms with E-state index in [1.165, 1.54) is 38.4 Å². The molecule has 1 atom stereocenters. The third-order valence-corrected chi connectivity index (χ3v) is 10.5. The summed E-state index contributed by atoms with van der Waals surface area (Å²) in [6, 6.07) is 4.59. The van der Waals surface area contributed by atoms with E-state index < -0.39 is 24.8 Å². The number of allylic oxidation sites excluding steroid dienone is 2. The Labute approximate surface area is 216 Å². The number of halogens is 2. The van der Waals surface area contributed by atoms with Crippen molar-refractivity contribution < 1.29 is 21.2 Å². The van der Waals surface area contributed by atoms with Crippen LogP contribution in [0.3, 0.4) is 0 Å². The molecule has 2 aliphatic rings. The minimum absolute atomic E-state index is 0.00237. The van der Waals surface area contributed by atoms with E-state index in [9.17, 15) is 21.2 Å². The van der Waals surface area contributed by atoms with Gasteiger partial charge in [0.25, 0.3) is 0 Å². The molecule has 196 valence electrons. The van der Waals surface area contributed by atoms with Crippen LogP contribution in [0.4, 0.5) is 10.1 Å². The van der Waals surface area contributed by atoms with Crippen molar-refractivity contribution in [2.24, 2.45) is 12.2 Å². The van der Waals surface area contributed by atoms with Crippen LogP contribution in [0.5, 0.6) is 0 Å². The highest BCUT2D eigenvalue weighted by molar-refractivity contribution is 7.93. The van der Waals surface area contributed by atoms with Gasteiger partial charge in [0.2, 0.25) is 20.0 Å². The molecule has 0 bridgehead atoms. The topological polar surface area (TPSA) is 119 Å². The average molecular weight is 558 g/mol. The second kappa shape index (κ2) is 9.56. The lowest BCUT2D eigenvalue weighted by molar-refractivity contribution is 0.489. The van der Waals surface area contributed by atoms with Gasteiger partial charge in [0.1, 0.15) is 5.82 Å². The number of aromatic nitrogens is 2. The number of aryl methyl sites for hydroxylation is 1. The third-order valence-electron chi connectivity index (χ3n) is 6.85. The highest BCUT2D eigenvalue weighted by atomic mass is 35.5. The molecular formula is C23H29ClFN5O4S2. The van der Waals surface area contributed by atoms with Crippen LogP contribution in [-0.2, 0) is 31.8 Å². The number of piperidine rings is 1. The van der Waals surface area contributed by atoms with Crippen molar-refractivity contribution in [2.75, 3.05) is 32.1 Å². The van der Waals surface area contributed by atoms with Gasteiger partial charge in [-0.15, -0.1) is 0 Å². The van der Waals surface area contributed by atoms with Crippen molar-refractivity contribution >= 4 is 37.3 Å². The number of nitrogens with zero attached hydrogens (tertiary/aromatic N) is 4. The Hall–Kier alpha value is -2.25. The van der Waals surface area contributed by atoms with Gasteiger partial charge >= 0.3 is 0 Å². The zero-order chi connectivity index (χ0) is 26.5. The van der Waals surface area contributed by atoms with E-state index in [4.69, 9.17) is 16.7 Å². The first-order chi connectivity index (χ1) is 16.8. The van der Waals surface area contributed by atoms with Crippen LogP contribution >= 0.6 is 11.6 Å². The largest absolute Gasteiger partial charge is 0.369 e. The number of benzene rings is 1. The second-order valence-corrected chi connectivity index (χ2v) is 13.7. The normalized spacial score (nSPS) is 21.8. The summed E-state index contributed by atoms with van der Waals surface area (Å²) in [6.07, 6.45) is 6.90.